The fourth-order valence-corrected chi connectivity index (χ4v) is 2.78. The lowest BCUT2D eigenvalue weighted by Gasteiger charge is -2.15. The molecule has 2 rings (SSSR count). The first-order valence-electron chi connectivity index (χ1n) is 5.69. The molecule has 1 aliphatic carbocycles. The van der Waals surface area contributed by atoms with Crippen molar-refractivity contribution in [3.05, 3.63) is 16.6 Å². The fraction of sp³-hybridized carbons (Fsp3) is 0.727. The smallest absolute Gasteiger partial charge is 0.0794 e. The van der Waals surface area contributed by atoms with Crippen LogP contribution in [0.5, 0.6) is 0 Å². The van der Waals surface area contributed by atoms with Gasteiger partial charge in [-0.1, -0.05) is 6.42 Å². The highest BCUT2D eigenvalue weighted by Crippen LogP contribution is 2.22. The van der Waals surface area contributed by atoms with Gasteiger partial charge in [0.25, 0.3) is 0 Å². The van der Waals surface area contributed by atoms with Crippen molar-refractivity contribution in [2.75, 3.05) is 13.1 Å². The summed E-state index contributed by atoms with van der Waals surface area (Å²) in [6.45, 7) is 2.10. The Morgan fingerprint density at radius 2 is 2.47 bits per heavy atom. The molecular formula is C11H19N3S. The van der Waals surface area contributed by atoms with E-state index in [0.29, 0.717) is 12.0 Å². The Hall–Kier alpha value is -0.450. The quantitative estimate of drug-likeness (QED) is 0.745. The summed E-state index contributed by atoms with van der Waals surface area (Å²) in [5, 5.41) is 5.59. The van der Waals surface area contributed by atoms with E-state index in [4.69, 9.17) is 5.73 Å². The lowest BCUT2D eigenvalue weighted by Crippen LogP contribution is -2.33. The van der Waals surface area contributed by atoms with E-state index in [9.17, 15) is 0 Å². The van der Waals surface area contributed by atoms with Crippen LogP contribution in [-0.4, -0.2) is 24.1 Å². The minimum absolute atomic E-state index is 0.428. The van der Waals surface area contributed by atoms with E-state index in [0.717, 1.165) is 19.5 Å². The van der Waals surface area contributed by atoms with E-state index >= 15 is 0 Å². The van der Waals surface area contributed by atoms with Gasteiger partial charge in [-0.25, -0.2) is 4.98 Å². The van der Waals surface area contributed by atoms with Crippen LogP contribution in [0.1, 0.15) is 25.0 Å². The van der Waals surface area contributed by atoms with Crippen LogP contribution in [-0.2, 0) is 6.42 Å². The van der Waals surface area contributed by atoms with Gasteiger partial charge in [-0.15, -0.1) is 11.3 Å². The average molecular weight is 225 g/mol. The fourth-order valence-electron chi connectivity index (χ4n) is 2.18. The Bertz CT molecular complexity index is 273. The third kappa shape index (κ3) is 3.26. The Morgan fingerprint density at radius 1 is 1.53 bits per heavy atom. The first kappa shape index (κ1) is 11.0. The van der Waals surface area contributed by atoms with Crippen molar-refractivity contribution < 1.29 is 0 Å². The second-order valence-corrected chi connectivity index (χ2v) is 5.01. The molecular weight excluding hydrogens is 206 g/mol. The van der Waals surface area contributed by atoms with Crippen LogP contribution in [0.15, 0.2) is 10.9 Å². The number of nitrogens with zero attached hydrogens (tertiary/aromatic N) is 1. The number of rotatable bonds is 5. The third-order valence-electron chi connectivity index (χ3n) is 3.17. The topological polar surface area (TPSA) is 50.9 Å². The Balaban J connectivity index is 1.59. The summed E-state index contributed by atoms with van der Waals surface area (Å²) >= 11 is 1.66. The average Bonchev–Trinajstić information content (AvgIpc) is 2.85. The number of hydrogen-bond acceptors (Lipinski definition) is 4. The van der Waals surface area contributed by atoms with Gasteiger partial charge < -0.3 is 11.1 Å². The van der Waals surface area contributed by atoms with Crippen molar-refractivity contribution in [3.8, 4) is 0 Å². The molecule has 1 heterocycles. The SMILES string of the molecule is NC1CCCC1CNCCc1cscn1. The Morgan fingerprint density at radius 3 is 3.13 bits per heavy atom. The molecule has 1 fully saturated rings. The zero-order valence-corrected chi connectivity index (χ0v) is 9.80. The highest BCUT2D eigenvalue weighted by Gasteiger charge is 2.22. The van der Waals surface area contributed by atoms with Gasteiger partial charge in [0, 0.05) is 24.4 Å². The number of hydrogen-bond donors (Lipinski definition) is 2. The van der Waals surface area contributed by atoms with Crippen LogP contribution < -0.4 is 11.1 Å². The molecule has 0 amide bonds. The molecule has 0 saturated heterocycles. The molecule has 0 aliphatic heterocycles. The van der Waals surface area contributed by atoms with E-state index < -0.39 is 0 Å². The molecule has 0 bridgehead atoms. The summed E-state index contributed by atoms with van der Waals surface area (Å²) in [5.41, 5.74) is 9.09. The normalized spacial score (nSPS) is 25.9. The lowest BCUT2D eigenvalue weighted by molar-refractivity contribution is 0.443. The second-order valence-electron chi connectivity index (χ2n) is 4.29. The molecule has 3 N–H and O–H groups in total. The van der Waals surface area contributed by atoms with Gasteiger partial charge in [0.1, 0.15) is 0 Å². The summed E-state index contributed by atoms with van der Waals surface area (Å²) < 4.78 is 0. The van der Waals surface area contributed by atoms with Crippen LogP contribution >= 0.6 is 11.3 Å². The summed E-state index contributed by atoms with van der Waals surface area (Å²) in [6, 6.07) is 0.428. The standard InChI is InChI=1S/C11H19N3S/c12-11-3-1-2-9(11)6-13-5-4-10-7-15-8-14-10/h7-9,11,13H,1-6,12H2. The third-order valence-corrected chi connectivity index (χ3v) is 3.80. The van der Waals surface area contributed by atoms with Gasteiger partial charge in [-0.3, -0.25) is 0 Å². The molecule has 2 atom stereocenters. The van der Waals surface area contributed by atoms with Gasteiger partial charge in [-0.05, 0) is 25.3 Å². The monoisotopic (exact) mass is 225 g/mol. The number of nitrogens with one attached hydrogen (secondary N) is 1. The molecule has 1 aromatic heterocycles. The van der Waals surface area contributed by atoms with Crippen molar-refractivity contribution in [1.82, 2.24) is 10.3 Å². The first-order chi connectivity index (χ1) is 7.36. The minimum Gasteiger partial charge on any atom is -0.327 e. The molecule has 1 aromatic rings. The van der Waals surface area contributed by atoms with E-state index in [1.807, 2.05) is 5.51 Å². The Kier molecular flexibility index (Phi) is 4.11. The highest BCUT2D eigenvalue weighted by molar-refractivity contribution is 7.07. The summed E-state index contributed by atoms with van der Waals surface area (Å²) in [6.07, 6.45) is 4.84. The first-order valence-corrected chi connectivity index (χ1v) is 6.64. The predicted octanol–water partition coefficient (Wildman–Crippen LogP) is 1.40. The molecule has 3 nitrogen and oxygen atoms in total. The van der Waals surface area contributed by atoms with Crippen molar-refractivity contribution in [2.24, 2.45) is 11.7 Å². The van der Waals surface area contributed by atoms with Crippen molar-refractivity contribution >= 4 is 11.3 Å². The van der Waals surface area contributed by atoms with E-state index in [1.54, 1.807) is 11.3 Å². The Labute approximate surface area is 95.1 Å². The summed E-state index contributed by atoms with van der Waals surface area (Å²) in [5.74, 6) is 0.695. The maximum Gasteiger partial charge on any atom is 0.0794 e. The maximum atomic E-state index is 6.01. The van der Waals surface area contributed by atoms with Gasteiger partial charge in [0.2, 0.25) is 0 Å². The van der Waals surface area contributed by atoms with Crippen LogP contribution in [0.3, 0.4) is 0 Å². The van der Waals surface area contributed by atoms with E-state index in [1.165, 1.54) is 25.0 Å². The van der Waals surface area contributed by atoms with Gasteiger partial charge in [-0.2, -0.15) is 0 Å². The largest absolute Gasteiger partial charge is 0.327 e. The summed E-state index contributed by atoms with van der Waals surface area (Å²) in [4.78, 5) is 4.25. The van der Waals surface area contributed by atoms with Crippen LogP contribution in [0.4, 0.5) is 0 Å². The summed E-state index contributed by atoms with van der Waals surface area (Å²) in [7, 11) is 0. The van der Waals surface area contributed by atoms with E-state index in [2.05, 4.69) is 15.7 Å². The van der Waals surface area contributed by atoms with Crippen LogP contribution in [0.2, 0.25) is 0 Å². The van der Waals surface area contributed by atoms with Crippen molar-refractivity contribution in [3.63, 3.8) is 0 Å². The molecule has 1 aliphatic rings. The molecule has 0 spiro atoms. The van der Waals surface area contributed by atoms with Gasteiger partial charge in [0.15, 0.2) is 0 Å². The number of thiazole rings is 1. The van der Waals surface area contributed by atoms with Crippen LogP contribution in [0.25, 0.3) is 0 Å². The molecule has 15 heavy (non-hydrogen) atoms. The number of aromatic nitrogens is 1. The highest BCUT2D eigenvalue weighted by atomic mass is 32.1. The molecule has 2 unspecified atom stereocenters. The maximum absolute atomic E-state index is 6.01. The van der Waals surface area contributed by atoms with Crippen LogP contribution in [0, 0.1) is 5.92 Å². The van der Waals surface area contributed by atoms with Gasteiger partial charge in [0.05, 0.1) is 11.2 Å². The number of nitrogens with two attached hydrogens (primary N) is 1. The predicted molar refractivity (Wildman–Crippen MR) is 64.0 cm³/mol. The molecule has 1 saturated carbocycles. The van der Waals surface area contributed by atoms with Crippen molar-refractivity contribution in [2.45, 2.75) is 31.7 Å². The molecule has 0 aromatic carbocycles. The zero-order valence-electron chi connectivity index (χ0n) is 8.98. The molecule has 4 heteroatoms. The lowest BCUT2D eigenvalue weighted by atomic mass is 10.0. The zero-order chi connectivity index (χ0) is 10.5. The molecule has 84 valence electrons. The molecule has 0 radical (unpaired) electrons. The van der Waals surface area contributed by atoms with Crippen molar-refractivity contribution in [1.29, 1.82) is 0 Å². The second kappa shape index (κ2) is 5.58. The van der Waals surface area contributed by atoms with E-state index in [-0.39, 0.29) is 0 Å². The minimum atomic E-state index is 0.428. The van der Waals surface area contributed by atoms with Gasteiger partial charge >= 0.3 is 0 Å².